The number of hydrogen-bond acceptors (Lipinski definition) is 4. The summed E-state index contributed by atoms with van der Waals surface area (Å²) in [4.78, 5) is 27.7. The van der Waals surface area contributed by atoms with Crippen molar-refractivity contribution in [1.82, 2.24) is 4.90 Å². The molecule has 0 fully saturated rings. The summed E-state index contributed by atoms with van der Waals surface area (Å²) in [5.74, 6) is -0.881. The monoisotopic (exact) mass is 367 g/mol. The fourth-order valence-corrected chi connectivity index (χ4v) is 3.60. The largest absolute Gasteiger partial charge is 0.450 e. The maximum atomic E-state index is 14.6. The van der Waals surface area contributed by atoms with Crippen LogP contribution in [0.2, 0.25) is 0 Å². The van der Waals surface area contributed by atoms with Crippen molar-refractivity contribution in [2.45, 2.75) is 12.5 Å². The molecule has 2 aromatic carbocycles. The molecule has 0 unspecified atom stereocenters. The lowest BCUT2D eigenvalue weighted by Crippen LogP contribution is -2.31. The highest BCUT2D eigenvalue weighted by molar-refractivity contribution is 5.99. The number of para-hydroxylation sites is 1. The maximum absolute atomic E-state index is 14.6. The topological polar surface area (TPSA) is 59.8 Å². The first-order chi connectivity index (χ1) is 13.1. The molecular formula is C21H18FNO4. The van der Waals surface area contributed by atoms with Gasteiger partial charge in [-0.25, -0.2) is 4.39 Å². The van der Waals surface area contributed by atoms with Crippen LogP contribution in [0.1, 0.15) is 34.1 Å². The SMILES string of the molecule is COCCCN1C(=O)c2oc3ccccc3c(=O)c2[C@H]1c1ccccc1F. The number of halogens is 1. The summed E-state index contributed by atoms with van der Waals surface area (Å²) in [7, 11) is 1.58. The number of benzene rings is 2. The normalized spacial score (nSPS) is 16.1. The van der Waals surface area contributed by atoms with Gasteiger partial charge in [0.2, 0.25) is 5.76 Å². The number of rotatable bonds is 5. The van der Waals surface area contributed by atoms with E-state index in [4.69, 9.17) is 9.15 Å². The fraction of sp³-hybridized carbons (Fsp3) is 0.238. The van der Waals surface area contributed by atoms with Crippen molar-refractivity contribution >= 4 is 16.9 Å². The van der Waals surface area contributed by atoms with E-state index in [1.54, 1.807) is 49.6 Å². The first-order valence-corrected chi connectivity index (χ1v) is 8.73. The van der Waals surface area contributed by atoms with Crippen molar-refractivity contribution in [1.29, 1.82) is 0 Å². The Hall–Kier alpha value is -2.99. The third-order valence-corrected chi connectivity index (χ3v) is 4.82. The number of hydrogen-bond donors (Lipinski definition) is 0. The van der Waals surface area contributed by atoms with Crippen LogP contribution in [0.25, 0.3) is 11.0 Å². The highest BCUT2D eigenvalue weighted by atomic mass is 19.1. The lowest BCUT2D eigenvalue weighted by atomic mass is 9.98. The second-order valence-electron chi connectivity index (χ2n) is 6.44. The van der Waals surface area contributed by atoms with Crippen LogP contribution in [0.15, 0.2) is 57.7 Å². The lowest BCUT2D eigenvalue weighted by Gasteiger charge is -2.25. The summed E-state index contributed by atoms with van der Waals surface area (Å²) in [5, 5.41) is 0.379. The van der Waals surface area contributed by atoms with Gasteiger partial charge in [0.15, 0.2) is 5.43 Å². The summed E-state index contributed by atoms with van der Waals surface area (Å²) in [5.41, 5.74) is 0.522. The van der Waals surface area contributed by atoms with Crippen LogP contribution in [-0.2, 0) is 4.74 Å². The van der Waals surface area contributed by atoms with Crippen LogP contribution in [0.4, 0.5) is 4.39 Å². The standard InChI is InChI=1S/C21H18FNO4/c1-26-12-6-11-23-18(13-7-2-4-9-15(13)22)17-19(24)14-8-3-5-10-16(14)27-20(17)21(23)25/h2-5,7-10,18H,6,11-12H2,1H3/t18-/m1/s1. The average molecular weight is 367 g/mol. The lowest BCUT2D eigenvalue weighted by molar-refractivity contribution is 0.0706. The summed E-state index contributed by atoms with van der Waals surface area (Å²) >= 11 is 0. The Morgan fingerprint density at radius 1 is 1.11 bits per heavy atom. The predicted octanol–water partition coefficient (Wildman–Crippen LogP) is 3.51. The van der Waals surface area contributed by atoms with Gasteiger partial charge in [0, 0.05) is 25.8 Å². The van der Waals surface area contributed by atoms with Gasteiger partial charge in [-0.2, -0.15) is 0 Å². The highest BCUT2D eigenvalue weighted by Gasteiger charge is 2.43. The first kappa shape index (κ1) is 17.4. The molecule has 0 radical (unpaired) electrons. The van der Waals surface area contributed by atoms with Crippen LogP contribution >= 0.6 is 0 Å². The van der Waals surface area contributed by atoms with E-state index in [1.165, 1.54) is 11.0 Å². The third-order valence-electron chi connectivity index (χ3n) is 4.82. The predicted molar refractivity (Wildman–Crippen MR) is 98.3 cm³/mol. The second-order valence-corrected chi connectivity index (χ2v) is 6.44. The number of methoxy groups -OCH3 is 1. The maximum Gasteiger partial charge on any atom is 0.290 e. The molecule has 4 rings (SSSR count). The summed E-state index contributed by atoms with van der Waals surface area (Å²) in [6.45, 7) is 0.777. The minimum Gasteiger partial charge on any atom is -0.450 e. The number of carbonyl (C=O) groups is 1. The fourth-order valence-electron chi connectivity index (χ4n) is 3.60. The van der Waals surface area contributed by atoms with Crippen molar-refractivity contribution in [3.05, 3.63) is 81.5 Å². The van der Waals surface area contributed by atoms with Crippen molar-refractivity contribution in [2.24, 2.45) is 0 Å². The summed E-state index contributed by atoms with van der Waals surface area (Å²) < 4.78 is 25.4. The minimum atomic E-state index is -0.814. The molecule has 1 aliphatic heterocycles. The smallest absolute Gasteiger partial charge is 0.290 e. The van der Waals surface area contributed by atoms with Crippen LogP contribution in [0.3, 0.4) is 0 Å². The zero-order chi connectivity index (χ0) is 19.0. The quantitative estimate of drug-likeness (QED) is 0.648. The Balaban J connectivity index is 1.94. The van der Waals surface area contributed by atoms with Gasteiger partial charge in [0.1, 0.15) is 11.4 Å². The van der Waals surface area contributed by atoms with E-state index in [1.807, 2.05) is 0 Å². The van der Waals surface area contributed by atoms with Crippen molar-refractivity contribution in [2.75, 3.05) is 20.3 Å². The van der Waals surface area contributed by atoms with Gasteiger partial charge in [-0.1, -0.05) is 30.3 Å². The first-order valence-electron chi connectivity index (χ1n) is 8.73. The molecule has 1 aliphatic rings. The molecule has 3 aromatic rings. The molecule has 1 atom stereocenters. The van der Waals surface area contributed by atoms with Gasteiger partial charge < -0.3 is 14.1 Å². The van der Waals surface area contributed by atoms with E-state index < -0.39 is 17.8 Å². The van der Waals surface area contributed by atoms with E-state index in [9.17, 15) is 14.0 Å². The van der Waals surface area contributed by atoms with Gasteiger partial charge in [-0.15, -0.1) is 0 Å². The number of nitrogens with zero attached hydrogens (tertiary/aromatic N) is 1. The molecule has 2 heterocycles. The molecular weight excluding hydrogens is 349 g/mol. The average Bonchev–Trinajstić information content (AvgIpc) is 2.95. The molecule has 0 bridgehead atoms. The van der Waals surface area contributed by atoms with Crippen molar-refractivity contribution in [3.63, 3.8) is 0 Å². The highest BCUT2D eigenvalue weighted by Crippen LogP contribution is 2.38. The Kier molecular flexibility index (Phi) is 4.49. The van der Waals surface area contributed by atoms with Crippen LogP contribution < -0.4 is 5.43 Å². The molecule has 0 saturated carbocycles. The van der Waals surface area contributed by atoms with E-state index in [-0.39, 0.29) is 22.3 Å². The van der Waals surface area contributed by atoms with Gasteiger partial charge in [-0.05, 0) is 24.6 Å². The van der Waals surface area contributed by atoms with Crippen molar-refractivity contribution in [3.8, 4) is 0 Å². The van der Waals surface area contributed by atoms with Crippen LogP contribution in [0, 0.1) is 5.82 Å². The molecule has 0 spiro atoms. The molecule has 27 heavy (non-hydrogen) atoms. The zero-order valence-electron chi connectivity index (χ0n) is 14.8. The summed E-state index contributed by atoms with van der Waals surface area (Å²) in [6.07, 6.45) is 0.564. The molecule has 0 N–H and O–H groups in total. The Bertz CT molecular complexity index is 1080. The van der Waals surface area contributed by atoms with E-state index in [0.717, 1.165) is 0 Å². The molecule has 1 amide bonds. The van der Waals surface area contributed by atoms with E-state index in [0.29, 0.717) is 30.5 Å². The number of amides is 1. The Morgan fingerprint density at radius 2 is 1.85 bits per heavy atom. The molecule has 5 nitrogen and oxygen atoms in total. The molecule has 1 aromatic heterocycles. The van der Waals surface area contributed by atoms with E-state index in [2.05, 4.69) is 0 Å². The summed E-state index contributed by atoms with van der Waals surface area (Å²) in [6, 6.07) is 12.2. The zero-order valence-corrected chi connectivity index (χ0v) is 14.8. The number of carbonyl (C=O) groups excluding carboxylic acids is 1. The van der Waals surface area contributed by atoms with Crippen LogP contribution in [-0.4, -0.2) is 31.1 Å². The van der Waals surface area contributed by atoms with Crippen LogP contribution in [0.5, 0.6) is 0 Å². The minimum absolute atomic E-state index is 0.00984. The van der Waals surface area contributed by atoms with Gasteiger partial charge >= 0.3 is 0 Å². The Labute approximate surface area is 155 Å². The van der Waals surface area contributed by atoms with Gasteiger partial charge in [0.25, 0.3) is 5.91 Å². The van der Waals surface area contributed by atoms with E-state index >= 15 is 0 Å². The van der Waals surface area contributed by atoms with Gasteiger partial charge in [0.05, 0.1) is 17.0 Å². The third kappa shape index (κ3) is 2.82. The molecule has 0 saturated heterocycles. The molecule has 0 aliphatic carbocycles. The second kappa shape index (κ2) is 6.96. The molecule has 6 heteroatoms. The number of ether oxygens (including phenoxy) is 1. The van der Waals surface area contributed by atoms with Gasteiger partial charge in [-0.3, -0.25) is 9.59 Å². The molecule has 138 valence electrons. The van der Waals surface area contributed by atoms with Crippen molar-refractivity contribution < 1.29 is 18.3 Å². The Morgan fingerprint density at radius 3 is 2.63 bits per heavy atom. The number of fused-ring (bicyclic) bond motifs is 2.